The van der Waals surface area contributed by atoms with E-state index < -0.39 is 25.0 Å². The number of benzene rings is 6. The number of para-hydroxylation sites is 1. The summed E-state index contributed by atoms with van der Waals surface area (Å²) >= 11 is 0. The number of aromatic nitrogens is 3. The Hall–Kier alpha value is -5.57. The molecule has 0 saturated carbocycles. The fourth-order valence-electron chi connectivity index (χ4n) is 7.34. The normalized spacial score (nSPS) is 13.9. The third kappa shape index (κ3) is 7.83. The average molecular weight is 948 g/mol. The van der Waals surface area contributed by atoms with Crippen molar-refractivity contribution in [3.05, 3.63) is 168 Å². The van der Waals surface area contributed by atoms with Crippen LogP contribution >= 0.6 is 0 Å². The van der Waals surface area contributed by atoms with E-state index in [1.54, 1.807) is 24.4 Å². The van der Waals surface area contributed by atoms with E-state index in [1.165, 1.54) is 0 Å². The van der Waals surface area contributed by atoms with Gasteiger partial charge in [-0.1, -0.05) is 150 Å². The predicted molar refractivity (Wildman–Crippen MR) is 238 cm³/mol. The van der Waals surface area contributed by atoms with Crippen molar-refractivity contribution in [1.82, 2.24) is 14.5 Å². The molecule has 294 valence electrons. The quantitative estimate of drug-likeness (QED) is 0.154. The molecule has 0 aliphatic carbocycles. The van der Waals surface area contributed by atoms with Crippen molar-refractivity contribution < 1.29 is 37.1 Å². The van der Waals surface area contributed by atoms with Gasteiger partial charge < -0.3 is 5.11 Å². The molecule has 0 saturated heterocycles. The monoisotopic (exact) mass is 947 g/mol. The first-order valence-corrected chi connectivity index (χ1v) is 19.4. The van der Waals surface area contributed by atoms with E-state index in [1.807, 2.05) is 97.3 Å². The van der Waals surface area contributed by atoms with Crippen LogP contribution < -0.4 is 0 Å². The van der Waals surface area contributed by atoms with Gasteiger partial charge in [0.05, 0.1) is 23.5 Å². The first kappa shape index (κ1) is 31.4. The summed E-state index contributed by atoms with van der Waals surface area (Å²) in [6.07, 6.45) is 1.57. The molecule has 0 bridgehead atoms. The summed E-state index contributed by atoms with van der Waals surface area (Å²) in [4.78, 5) is 10.1. The van der Waals surface area contributed by atoms with Crippen molar-refractivity contribution in [3.8, 4) is 67.5 Å². The Morgan fingerprint density at radius 1 is 0.724 bits per heavy atom. The molecule has 58 heavy (non-hydrogen) atoms. The number of phenolic OH excluding ortho intramolecular Hbond substituents is 1. The Balaban J connectivity index is 0.00000648. The van der Waals surface area contributed by atoms with Crippen LogP contribution in [0.1, 0.15) is 93.5 Å². The van der Waals surface area contributed by atoms with Crippen LogP contribution in [0.2, 0.25) is 0 Å². The first-order valence-electron chi connectivity index (χ1n) is 23.4. The van der Waals surface area contributed by atoms with Gasteiger partial charge >= 0.3 is 0 Å². The number of phenols is 1. The molecular weight excluding hydrogens is 890 g/mol. The number of fused-ring (bicyclic) bond motifs is 1. The summed E-state index contributed by atoms with van der Waals surface area (Å²) < 4.78 is 70.0. The van der Waals surface area contributed by atoms with E-state index in [9.17, 15) is 5.11 Å². The molecule has 0 fully saturated rings. The molecule has 0 spiro atoms. The molecule has 1 N–H and O–H groups in total. The van der Waals surface area contributed by atoms with Gasteiger partial charge in [0, 0.05) is 42.8 Å². The van der Waals surface area contributed by atoms with Crippen LogP contribution in [0.5, 0.6) is 5.75 Å². The molecule has 8 rings (SSSR count). The van der Waals surface area contributed by atoms with E-state index in [4.69, 9.17) is 20.9 Å². The predicted octanol–water partition coefficient (Wildman–Crippen LogP) is 14.1. The standard InChI is InChI=1S/C53H50N3O.Pt/c1-33(2)39-30-46(34(3)4)51(57)47(31-39)52-55-50-45(20-15-21-49(50)56(52)43-22-23-44(35(5)26-43)37-18-13-10-14-19-37)40-27-41(29-42(28-40)53(6,7)8)48-32-38(24-25-54-48)36-16-11-9-12-17-36;/h9-26,28-34,57H,1-8H3;/q-1;/i5D3,9D,11D,12D,16D,17D;. The van der Waals surface area contributed by atoms with Crippen molar-refractivity contribution in [2.75, 3.05) is 0 Å². The zero-order chi connectivity index (χ0) is 46.9. The Kier molecular flexibility index (Phi) is 8.86. The molecule has 4 nitrogen and oxygen atoms in total. The van der Waals surface area contributed by atoms with Crippen molar-refractivity contribution >= 4 is 11.0 Å². The van der Waals surface area contributed by atoms with E-state index >= 15 is 0 Å². The average Bonchev–Trinajstić information content (AvgIpc) is 3.66. The van der Waals surface area contributed by atoms with E-state index in [0.717, 1.165) is 27.8 Å². The molecular formula is C53H50N3OPt-. The minimum absolute atomic E-state index is 0. The van der Waals surface area contributed by atoms with E-state index in [0.29, 0.717) is 56.1 Å². The summed E-state index contributed by atoms with van der Waals surface area (Å²) in [6, 6.07) is 34.0. The summed E-state index contributed by atoms with van der Waals surface area (Å²) in [5.74, 6) is 0.675. The molecule has 0 radical (unpaired) electrons. The summed E-state index contributed by atoms with van der Waals surface area (Å²) in [5.41, 5.74) is 9.41. The van der Waals surface area contributed by atoms with Gasteiger partial charge in [-0.25, -0.2) is 4.98 Å². The number of imidazole rings is 1. The maximum absolute atomic E-state index is 12.1. The smallest absolute Gasteiger partial charge is 0.148 e. The second-order valence-electron chi connectivity index (χ2n) is 16.2. The van der Waals surface area contributed by atoms with Gasteiger partial charge in [0.1, 0.15) is 11.6 Å². The maximum atomic E-state index is 12.1. The Morgan fingerprint density at radius 3 is 2.19 bits per heavy atom. The molecule has 0 aliphatic rings. The minimum atomic E-state index is -2.46. The third-order valence-corrected chi connectivity index (χ3v) is 10.6. The number of hydrogen-bond donors (Lipinski definition) is 1. The van der Waals surface area contributed by atoms with Gasteiger partial charge in [0.25, 0.3) is 0 Å². The van der Waals surface area contributed by atoms with Crippen LogP contribution in [0.3, 0.4) is 0 Å². The Bertz CT molecular complexity index is 3120. The van der Waals surface area contributed by atoms with E-state index in [2.05, 4.69) is 46.8 Å². The molecule has 2 aromatic heterocycles. The zero-order valence-corrected chi connectivity index (χ0v) is 35.9. The largest absolute Gasteiger partial charge is 0.507 e. The van der Waals surface area contributed by atoms with Crippen molar-refractivity contribution in [2.24, 2.45) is 0 Å². The molecule has 5 heteroatoms. The van der Waals surface area contributed by atoms with Gasteiger partial charge in [-0.2, -0.15) is 0 Å². The second kappa shape index (κ2) is 16.4. The fourth-order valence-corrected chi connectivity index (χ4v) is 7.34. The number of hydrogen-bond acceptors (Lipinski definition) is 3. The molecule has 2 heterocycles. The topological polar surface area (TPSA) is 50.9 Å². The van der Waals surface area contributed by atoms with Crippen LogP contribution in [0.25, 0.3) is 72.7 Å². The van der Waals surface area contributed by atoms with Crippen LogP contribution in [0.4, 0.5) is 0 Å². The molecule has 0 atom stereocenters. The SMILES string of the molecule is [2H]c1c([2H])c([2H])c(-c2ccnc(-c3[c-]c(-c4cccc5c4nc(-c4cc(C(C)C)cc(C(C)C)c4O)n5-c4ccc(-c5ccccc5)c(C([2H])([2H])[2H])c4)cc(C(C)(C)C)c3)c2)c([2H])c1[2H].[Pt]. The van der Waals surface area contributed by atoms with Crippen molar-refractivity contribution in [2.45, 2.75) is 72.6 Å². The number of aromatic hydroxyl groups is 1. The summed E-state index contributed by atoms with van der Waals surface area (Å²) in [5, 5.41) is 12.1. The van der Waals surface area contributed by atoms with Gasteiger partial charge in [-0.15, -0.1) is 29.3 Å². The third-order valence-electron chi connectivity index (χ3n) is 10.6. The van der Waals surface area contributed by atoms with Crippen LogP contribution in [-0.2, 0) is 26.5 Å². The van der Waals surface area contributed by atoms with Crippen molar-refractivity contribution in [3.63, 3.8) is 0 Å². The molecule has 6 aromatic carbocycles. The summed E-state index contributed by atoms with van der Waals surface area (Å²) in [7, 11) is 0. The maximum Gasteiger partial charge on any atom is 0.148 e. The fraction of sp³-hybridized carbons (Fsp3) is 0.208. The Morgan fingerprint density at radius 2 is 1.48 bits per heavy atom. The number of rotatable bonds is 8. The Labute approximate surface area is 369 Å². The number of nitrogens with zero attached hydrogens (tertiary/aromatic N) is 3. The number of aryl methyl sites for hydroxylation is 1. The zero-order valence-electron chi connectivity index (χ0n) is 41.7. The summed E-state index contributed by atoms with van der Waals surface area (Å²) in [6.45, 7) is 12.2. The van der Waals surface area contributed by atoms with Gasteiger partial charge in [0.15, 0.2) is 0 Å². The number of pyridine rings is 1. The van der Waals surface area contributed by atoms with Gasteiger partial charge in [0.2, 0.25) is 0 Å². The molecule has 0 aliphatic heterocycles. The van der Waals surface area contributed by atoms with E-state index in [-0.39, 0.29) is 67.3 Å². The second-order valence-corrected chi connectivity index (χ2v) is 16.2. The van der Waals surface area contributed by atoms with Gasteiger partial charge in [-0.05, 0) is 93.4 Å². The molecule has 0 amide bonds. The van der Waals surface area contributed by atoms with Crippen LogP contribution in [0.15, 0.2) is 140 Å². The minimum Gasteiger partial charge on any atom is -0.507 e. The van der Waals surface area contributed by atoms with Crippen molar-refractivity contribution in [1.29, 1.82) is 0 Å². The van der Waals surface area contributed by atoms with Gasteiger partial charge in [-0.3, -0.25) is 9.55 Å². The molecule has 0 unspecified atom stereocenters. The first-order chi connectivity index (χ1) is 30.6. The molecule has 8 aromatic rings. The van der Waals surface area contributed by atoms with Crippen LogP contribution in [-0.4, -0.2) is 19.6 Å². The van der Waals surface area contributed by atoms with Crippen LogP contribution in [0, 0.1) is 12.9 Å².